The lowest BCUT2D eigenvalue weighted by Gasteiger charge is -2.39. The van der Waals surface area contributed by atoms with E-state index in [1.165, 1.54) is 12.5 Å². The maximum atomic E-state index is 14.7. The molecule has 0 saturated carbocycles. The number of rotatable bonds is 15. The summed E-state index contributed by atoms with van der Waals surface area (Å²) >= 11 is 0. The Morgan fingerprint density at radius 1 is 0.855 bits per heavy atom. The van der Waals surface area contributed by atoms with Crippen LogP contribution in [0.1, 0.15) is 98.7 Å². The van der Waals surface area contributed by atoms with E-state index in [1.54, 1.807) is 62.9 Å². The number of ether oxygens (including phenoxy) is 1. The van der Waals surface area contributed by atoms with E-state index < -0.39 is 56.5 Å². The SMILES string of the molecule is CNC(C)C(=O)N[C@H]1CN(C(=O)c2cnc(N3CCC(COc4cc5ncnc(Nc6n[nH]c(C)c6C)c5cc4S(=O)(=O)C(C)(C)C)CC3)cn2)CC[C@H]2CC[C@@H](C(=O)NC(c3ccccc3)c3ccccc3)N2C1=O. The number of hydrogen-bond donors (Lipinski definition) is 5. The first-order valence-electron chi connectivity index (χ1n) is 25.9. The van der Waals surface area contributed by atoms with Crippen LogP contribution in [0.2, 0.25) is 0 Å². The Hall–Kier alpha value is -7.52. The molecule has 400 valence electrons. The van der Waals surface area contributed by atoms with Gasteiger partial charge in [0, 0.05) is 48.4 Å². The Labute approximate surface area is 443 Å². The van der Waals surface area contributed by atoms with E-state index in [1.807, 2.05) is 74.5 Å². The zero-order valence-electron chi connectivity index (χ0n) is 44.0. The Morgan fingerprint density at radius 3 is 2.17 bits per heavy atom. The van der Waals surface area contributed by atoms with Crippen LogP contribution < -0.4 is 30.9 Å². The van der Waals surface area contributed by atoms with Gasteiger partial charge in [-0.15, -0.1) is 0 Å². The number of nitrogens with one attached hydrogen (secondary N) is 5. The quantitative estimate of drug-likeness (QED) is 0.0843. The fourth-order valence-electron chi connectivity index (χ4n) is 10.1. The van der Waals surface area contributed by atoms with Gasteiger partial charge in [-0.1, -0.05) is 60.7 Å². The topological polar surface area (TPSA) is 250 Å². The lowest BCUT2D eigenvalue weighted by atomic mass is 9.98. The number of nitrogens with zero attached hydrogens (tertiary/aromatic N) is 8. The van der Waals surface area contributed by atoms with Gasteiger partial charge in [0.25, 0.3) is 5.91 Å². The number of carbonyl (C=O) groups is 4. The molecule has 3 aliphatic rings. The van der Waals surface area contributed by atoms with Crippen LogP contribution in [0.3, 0.4) is 0 Å². The van der Waals surface area contributed by atoms with E-state index in [0.717, 1.165) is 35.2 Å². The van der Waals surface area contributed by atoms with Crippen molar-refractivity contribution in [1.82, 2.24) is 55.9 Å². The van der Waals surface area contributed by atoms with Gasteiger partial charge >= 0.3 is 0 Å². The largest absolute Gasteiger partial charge is 0.492 e. The average Bonchev–Trinajstić information content (AvgIpc) is 4.00. The van der Waals surface area contributed by atoms with Crippen molar-refractivity contribution in [3.05, 3.63) is 120 Å². The minimum atomic E-state index is -3.88. The predicted octanol–water partition coefficient (Wildman–Crippen LogP) is 5.57. The van der Waals surface area contributed by atoms with Crippen molar-refractivity contribution in [1.29, 1.82) is 0 Å². The van der Waals surface area contributed by atoms with E-state index in [0.29, 0.717) is 60.7 Å². The number of H-pyrrole nitrogens is 1. The van der Waals surface area contributed by atoms with Crippen LogP contribution in [0.25, 0.3) is 10.9 Å². The molecule has 4 atom stereocenters. The van der Waals surface area contributed by atoms with Crippen molar-refractivity contribution in [2.24, 2.45) is 5.92 Å². The number of benzene rings is 3. The first-order chi connectivity index (χ1) is 36.4. The van der Waals surface area contributed by atoms with Crippen LogP contribution in [0.4, 0.5) is 17.5 Å². The molecule has 9 rings (SSSR count). The number of aromatic amines is 1. The van der Waals surface area contributed by atoms with E-state index in [9.17, 15) is 27.6 Å². The van der Waals surface area contributed by atoms with Crippen molar-refractivity contribution < 1.29 is 32.3 Å². The molecule has 76 heavy (non-hydrogen) atoms. The molecule has 0 radical (unpaired) electrons. The summed E-state index contributed by atoms with van der Waals surface area (Å²) in [5, 5.41) is 20.1. The Balaban J connectivity index is 0.855. The Morgan fingerprint density at radius 2 is 1.55 bits per heavy atom. The summed E-state index contributed by atoms with van der Waals surface area (Å²) in [6.07, 6.45) is 7.27. The maximum Gasteiger partial charge on any atom is 0.274 e. The molecule has 3 aromatic carbocycles. The normalized spacial score (nSPS) is 19.0. The highest BCUT2D eigenvalue weighted by Crippen LogP contribution is 2.38. The van der Waals surface area contributed by atoms with E-state index in [-0.39, 0.29) is 53.9 Å². The van der Waals surface area contributed by atoms with Gasteiger partial charge in [0.15, 0.2) is 15.7 Å². The van der Waals surface area contributed by atoms with Crippen LogP contribution in [0.5, 0.6) is 5.75 Å². The fraction of sp³-hybridized carbons (Fsp3) is 0.436. The van der Waals surface area contributed by atoms with Crippen molar-refractivity contribution in [3.63, 3.8) is 0 Å². The van der Waals surface area contributed by atoms with Crippen molar-refractivity contribution in [2.45, 2.75) is 113 Å². The molecule has 3 aliphatic heterocycles. The second kappa shape index (κ2) is 22.4. The molecule has 3 saturated heterocycles. The minimum Gasteiger partial charge on any atom is -0.492 e. The maximum absolute atomic E-state index is 14.7. The van der Waals surface area contributed by atoms with Crippen molar-refractivity contribution in [2.75, 3.05) is 50.1 Å². The van der Waals surface area contributed by atoms with Gasteiger partial charge in [-0.25, -0.2) is 28.4 Å². The van der Waals surface area contributed by atoms with Crippen molar-refractivity contribution in [3.8, 4) is 5.75 Å². The molecule has 6 aromatic rings. The van der Waals surface area contributed by atoms with Crippen LogP contribution in [-0.2, 0) is 24.2 Å². The molecule has 5 N–H and O–H groups in total. The van der Waals surface area contributed by atoms with E-state index in [2.05, 4.69) is 56.3 Å². The summed E-state index contributed by atoms with van der Waals surface area (Å²) in [6, 6.07) is 19.3. The lowest BCUT2D eigenvalue weighted by molar-refractivity contribution is -0.145. The number of carbonyl (C=O) groups excluding carboxylic acids is 4. The lowest BCUT2D eigenvalue weighted by Crippen LogP contribution is -2.62. The summed E-state index contributed by atoms with van der Waals surface area (Å²) in [5.74, 6) is 0.349. The molecule has 4 amide bonds. The van der Waals surface area contributed by atoms with Crippen LogP contribution in [0.15, 0.2) is 96.4 Å². The number of amides is 4. The number of hydrogen-bond acceptors (Lipinski definition) is 15. The summed E-state index contributed by atoms with van der Waals surface area (Å²) in [7, 11) is -2.23. The zero-order valence-corrected chi connectivity index (χ0v) is 44.9. The molecule has 3 fully saturated rings. The third-order valence-electron chi connectivity index (χ3n) is 15.0. The molecule has 0 spiro atoms. The molecule has 1 unspecified atom stereocenters. The van der Waals surface area contributed by atoms with Gasteiger partial charge in [-0.05, 0) is 104 Å². The second-order valence-corrected chi connectivity index (χ2v) is 23.6. The van der Waals surface area contributed by atoms with Gasteiger partial charge in [-0.2, -0.15) is 5.10 Å². The third-order valence-corrected chi connectivity index (χ3v) is 17.5. The van der Waals surface area contributed by atoms with Gasteiger partial charge in [-0.3, -0.25) is 24.3 Å². The number of aromatic nitrogens is 6. The van der Waals surface area contributed by atoms with Gasteiger partial charge in [0.05, 0.1) is 47.9 Å². The monoisotopic (exact) mass is 1050 g/mol. The van der Waals surface area contributed by atoms with Crippen LogP contribution in [0, 0.1) is 19.8 Å². The molecule has 21 heteroatoms. The molecule has 0 aliphatic carbocycles. The first kappa shape index (κ1) is 53.3. The smallest absolute Gasteiger partial charge is 0.274 e. The number of sulfone groups is 1. The number of fused-ring (bicyclic) bond motifs is 2. The standard InChI is InChI=1S/C55H67N13O7S/c1-33-34(2)64-65-49(33)63-50-40-26-46(76(73,74)55(4,5)6)45(27-41(40)59-32-60-50)75-31-36-20-23-66(24-21-36)47-29-57-42(28-58-47)53(71)67-25-22-39-18-19-44(68(39)54(72)43(30-67)61-51(69)35(3)56-7)52(70)62-48(37-14-10-8-11-15-37)38-16-12-9-13-17-38/h8-17,26-29,32,35-36,39,43-44,48,56H,18-25,30-31H2,1-7H3,(H,61,69)(H,62,70)(H2,59,60,63,64,65)/t35?,39-,43+,44+/m1/s1. The summed E-state index contributed by atoms with van der Waals surface area (Å²) < 4.78 is 33.5. The molecule has 6 heterocycles. The molecule has 0 bridgehead atoms. The average molecular weight is 1050 g/mol. The fourth-order valence-corrected chi connectivity index (χ4v) is 11.4. The third kappa shape index (κ3) is 11.2. The Bertz CT molecular complexity index is 3140. The highest BCUT2D eigenvalue weighted by Gasteiger charge is 2.46. The number of anilines is 3. The predicted molar refractivity (Wildman–Crippen MR) is 288 cm³/mol. The minimum absolute atomic E-state index is 0.0550. The molecule has 20 nitrogen and oxygen atoms in total. The molecule has 3 aromatic heterocycles. The zero-order chi connectivity index (χ0) is 53.9. The highest BCUT2D eigenvalue weighted by molar-refractivity contribution is 7.92. The number of likely N-dealkylation sites (N-methyl/N-ethyl adjacent to an activating group) is 1. The van der Waals surface area contributed by atoms with Gasteiger partial charge in [0.1, 0.15) is 46.4 Å². The van der Waals surface area contributed by atoms with Crippen LogP contribution in [-0.4, -0.2) is 141 Å². The molecular weight excluding hydrogens is 987 g/mol. The van der Waals surface area contributed by atoms with Crippen molar-refractivity contribution >= 4 is 61.8 Å². The van der Waals surface area contributed by atoms with E-state index in [4.69, 9.17) is 4.74 Å². The number of piperidine rings is 1. The second-order valence-electron chi connectivity index (χ2n) is 21.0. The summed E-state index contributed by atoms with van der Waals surface area (Å²) in [5.41, 5.74) is 4.22. The van der Waals surface area contributed by atoms with Crippen LogP contribution >= 0.6 is 0 Å². The number of aryl methyl sites for hydroxylation is 1. The van der Waals surface area contributed by atoms with E-state index >= 15 is 0 Å². The first-order valence-corrected chi connectivity index (χ1v) is 27.4. The summed E-state index contributed by atoms with van der Waals surface area (Å²) in [6.45, 7) is 12.1. The summed E-state index contributed by atoms with van der Waals surface area (Å²) in [4.78, 5) is 80.3. The highest BCUT2D eigenvalue weighted by atomic mass is 32.2. The molecular formula is C55H67N13O7S. The Kier molecular flexibility index (Phi) is 15.7. The van der Waals surface area contributed by atoms with Gasteiger partial charge in [0.2, 0.25) is 17.7 Å². The van der Waals surface area contributed by atoms with Gasteiger partial charge < -0.3 is 40.7 Å².